The van der Waals surface area contributed by atoms with Crippen LogP contribution in [0.3, 0.4) is 0 Å². The number of hydrogen-bond acceptors (Lipinski definition) is 7. The Balaban J connectivity index is 3.23. The molecular formula is C15H25NO8. The first-order chi connectivity index (χ1) is 11.1. The Bertz CT molecular complexity index is 482. The van der Waals surface area contributed by atoms with Gasteiger partial charge in [-0.15, -0.1) is 0 Å². The average Bonchev–Trinajstić information content (AvgIpc) is 2.47. The minimum Gasteiger partial charge on any atom is -0.479 e. The molecule has 2 unspecified atom stereocenters. The molecule has 1 amide bonds. The number of rotatable bonds is 7. The predicted molar refractivity (Wildman–Crippen MR) is 81.0 cm³/mol. The molecule has 24 heavy (non-hydrogen) atoms. The summed E-state index contributed by atoms with van der Waals surface area (Å²) in [6.07, 6.45) is -6.20. The Morgan fingerprint density at radius 1 is 1.38 bits per heavy atom. The molecular weight excluding hydrogens is 322 g/mol. The zero-order valence-electron chi connectivity index (χ0n) is 13.9. The zero-order valence-corrected chi connectivity index (χ0v) is 13.9. The topological polar surface area (TPSA) is 153 Å². The second-order valence-corrected chi connectivity index (χ2v) is 6.39. The lowest BCUT2D eigenvalue weighted by Gasteiger charge is -2.48. The van der Waals surface area contributed by atoms with Gasteiger partial charge in [-0.05, 0) is 5.92 Å². The number of amides is 1. The third-order valence-corrected chi connectivity index (χ3v) is 4.36. The summed E-state index contributed by atoms with van der Waals surface area (Å²) in [4.78, 5) is 33.6. The summed E-state index contributed by atoms with van der Waals surface area (Å²) >= 11 is 0. The molecule has 1 heterocycles. The highest BCUT2D eigenvalue weighted by Crippen LogP contribution is 2.37. The van der Waals surface area contributed by atoms with Gasteiger partial charge in [-0.2, -0.15) is 0 Å². The SMILES string of the molecule is CC(=O)NC1C([C@H](O)[C@H](O)CC=O)O[C@](C(=O)O)(C(C)C)C[C@H]1O. The van der Waals surface area contributed by atoms with Gasteiger partial charge in [-0.3, -0.25) is 4.79 Å². The Hall–Kier alpha value is -1.55. The van der Waals surface area contributed by atoms with E-state index in [2.05, 4.69) is 5.32 Å². The number of aldehydes is 1. The molecule has 5 N–H and O–H groups in total. The van der Waals surface area contributed by atoms with Gasteiger partial charge < -0.3 is 35.3 Å². The average molecular weight is 347 g/mol. The highest BCUT2D eigenvalue weighted by atomic mass is 16.6. The summed E-state index contributed by atoms with van der Waals surface area (Å²) in [5.41, 5.74) is -1.79. The van der Waals surface area contributed by atoms with Crippen LogP contribution in [-0.2, 0) is 19.1 Å². The normalized spacial score (nSPS) is 32.9. The molecule has 0 radical (unpaired) electrons. The maximum atomic E-state index is 11.7. The Morgan fingerprint density at radius 2 is 1.96 bits per heavy atom. The van der Waals surface area contributed by atoms with E-state index in [1.807, 2.05) is 0 Å². The van der Waals surface area contributed by atoms with E-state index in [9.17, 15) is 34.8 Å². The van der Waals surface area contributed by atoms with Gasteiger partial charge in [0.2, 0.25) is 5.91 Å². The maximum Gasteiger partial charge on any atom is 0.336 e. The maximum absolute atomic E-state index is 11.7. The number of aliphatic carboxylic acids is 1. The first kappa shape index (κ1) is 20.5. The molecule has 1 saturated heterocycles. The molecule has 1 aliphatic heterocycles. The lowest BCUT2D eigenvalue weighted by molar-refractivity contribution is -0.238. The monoisotopic (exact) mass is 347 g/mol. The molecule has 9 nitrogen and oxygen atoms in total. The molecule has 0 spiro atoms. The number of aliphatic hydroxyl groups is 3. The summed E-state index contributed by atoms with van der Waals surface area (Å²) < 4.78 is 5.61. The fourth-order valence-corrected chi connectivity index (χ4v) is 2.93. The fraction of sp³-hybridized carbons (Fsp3) is 0.800. The molecule has 138 valence electrons. The number of hydrogen-bond donors (Lipinski definition) is 5. The van der Waals surface area contributed by atoms with Crippen LogP contribution in [0.25, 0.3) is 0 Å². The van der Waals surface area contributed by atoms with Crippen molar-refractivity contribution in [2.45, 2.75) is 69.7 Å². The van der Waals surface area contributed by atoms with E-state index < -0.39 is 60.3 Å². The summed E-state index contributed by atoms with van der Waals surface area (Å²) in [6.45, 7) is 4.37. The van der Waals surface area contributed by atoms with Crippen molar-refractivity contribution in [2.24, 2.45) is 5.92 Å². The quantitative estimate of drug-likeness (QED) is 0.346. The van der Waals surface area contributed by atoms with E-state index in [0.717, 1.165) is 0 Å². The van der Waals surface area contributed by atoms with Crippen molar-refractivity contribution in [3.05, 3.63) is 0 Å². The summed E-state index contributed by atoms with van der Waals surface area (Å²) in [5.74, 6) is -2.39. The Labute approximate surface area is 139 Å². The van der Waals surface area contributed by atoms with Crippen molar-refractivity contribution in [1.82, 2.24) is 5.32 Å². The second kappa shape index (κ2) is 8.02. The molecule has 1 rings (SSSR count). The van der Waals surface area contributed by atoms with Gasteiger partial charge in [0.05, 0.1) is 18.2 Å². The third-order valence-electron chi connectivity index (χ3n) is 4.36. The van der Waals surface area contributed by atoms with Gasteiger partial charge in [0.25, 0.3) is 0 Å². The number of ether oxygens (including phenoxy) is 1. The fourth-order valence-electron chi connectivity index (χ4n) is 2.93. The van der Waals surface area contributed by atoms with E-state index in [4.69, 9.17) is 4.74 Å². The summed E-state index contributed by atoms with van der Waals surface area (Å²) in [7, 11) is 0. The molecule has 0 aromatic carbocycles. The number of carboxylic acid groups (broad SMARTS) is 1. The molecule has 0 aromatic heterocycles. The molecule has 6 atom stereocenters. The molecule has 0 aromatic rings. The number of carbonyl (C=O) groups excluding carboxylic acids is 2. The van der Waals surface area contributed by atoms with Crippen LogP contribution >= 0.6 is 0 Å². The number of aliphatic hydroxyl groups excluding tert-OH is 3. The first-order valence-electron chi connectivity index (χ1n) is 7.73. The van der Waals surface area contributed by atoms with Gasteiger partial charge in [0.15, 0.2) is 5.60 Å². The van der Waals surface area contributed by atoms with Gasteiger partial charge in [-0.1, -0.05) is 13.8 Å². The molecule has 0 aliphatic carbocycles. The van der Waals surface area contributed by atoms with E-state index in [1.54, 1.807) is 13.8 Å². The van der Waals surface area contributed by atoms with Crippen LogP contribution < -0.4 is 5.32 Å². The number of carbonyl (C=O) groups is 3. The lowest BCUT2D eigenvalue weighted by Crippen LogP contribution is -2.68. The first-order valence-corrected chi connectivity index (χ1v) is 7.73. The van der Waals surface area contributed by atoms with Crippen molar-refractivity contribution in [1.29, 1.82) is 0 Å². The molecule has 0 saturated carbocycles. The highest BCUT2D eigenvalue weighted by Gasteiger charge is 2.55. The molecule has 1 aliphatic rings. The largest absolute Gasteiger partial charge is 0.479 e. The van der Waals surface area contributed by atoms with Gasteiger partial charge in [-0.25, -0.2) is 4.79 Å². The van der Waals surface area contributed by atoms with Crippen LogP contribution in [0.1, 0.15) is 33.6 Å². The molecule has 1 fully saturated rings. The van der Waals surface area contributed by atoms with Crippen molar-refractivity contribution in [3.8, 4) is 0 Å². The summed E-state index contributed by atoms with van der Waals surface area (Å²) in [5, 5.41) is 42.5. The van der Waals surface area contributed by atoms with Crippen LogP contribution in [0.5, 0.6) is 0 Å². The van der Waals surface area contributed by atoms with Crippen LogP contribution in [0.15, 0.2) is 0 Å². The van der Waals surface area contributed by atoms with Crippen LogP contribution in [0.2, 0.25) is 0 Å². The standard InChI is InChI=1S/C15H25NO8/c1-7(2)15(14(22)23)6-10(20)11(16-8(3)18)13(24-15)12(21)9(19)4-5-17/h5,7,9-13,19-21H,4,6H2,1-3H3,(H,16,18)(H,22,23)/t9-,10-,11?,12-,13?,15+/m1/s1. The smallest absolute Gasteiger partial charge is 0.336 e. The van der Waals surface area contributed by atoms with E-state index in [-0.39, 0.29) is 6.42 Å². The highest BCUT2D eigenvalue weighted by molar-refractivity contribution is 5.78. The Morgan fingerprint density at radius 3 is 2.38 bits per heavy atom. The van der Waals surface area contributed by atoms with Crippen molar-refractivity contribution in [3.63, 3.8) is 0 Å². The molecule has 9 heteroatoms. The van der Waals surface area contributed by atoms with Gasteiger partial charge >= 0.3 is 5.97 Å². The predicted octanol–water partition coefficient (Wildman–Crippen LogP) is -1.57. The second-order valence-electron chi connectivity index (χ2n) is 6.39. The third kappa shape index (κ3) is 4.10. The van der Waals surface area contributed by atoms with Crippen LogP contribution in [0.4, 0.5) is 0 Å². The van der Waals surface area contributed by atoms with Crippen molar-refractivity contribution < 1.29 is 39.5 Å². The number of carboxylic acids is 1. The van der Waals surface area contributed by atoms with Crippen LogP contribution in [0, 0.1) is 5.92 Å². The van der Waals surface area contributed by atoms with E-state index in [1.165, 1.54) is 6.92 Å². The van der Waals surface area contributed by atoms with Gasteiger partial charge in [0, 0.05) is 19.8 Å². The Kier molecular flexibility index (Phi) is 6.85. The van der Waals surface area contributed by atoms with Gasteiger partial charge in [0.1, 0.15) is 18.5 Å². The molecule has 0 bridgehead atoms. The minimum absolute atomic E-state index is 0.294. The summed E-state index contributed by atoms with van der Waals surface area (Å²) in [6, 6.07) is -1.12. The van der Waals surface area contributed by atoms with E-state index >= 15 is 0 Å². The van der Waals surface area contributed by atoms with Crippen molar-refractivity contribution in [2.75, 3.05) is 0 Å². The lowest BCUT2D eigenvalue weighted by atomic mass is 9.77. The minimum atomic E-state index is -1.79. The number of nitrogens with one attached hydrogen (secondary N) is 1. The van der Waals surface area contributed by atoms with E-state index in [0.29, 0.717) is 6.29 Å². The van der Waals surface area contributed by atoms with Crippen LogP contribution in [-0.4, -0.2) is 74.6 Å². The van der Waals surface area contributed by atoms with Crippen molar-refractivity contribution >= 4 is 18.2 Å². The zero-order chi connectivity index (χ0) is 18.7.